The maximum absolute atomic E-state index is 11.4. The number of carbonyl (C=O) groups excluding carboxylic acids is 2. The second-order valence-corrected chi connectivity index (χ2v) is 6.29. The molecule has 0 aliphatic heterocycles. The molecule has 0 spiro atoms. The van der Waals surface area contributed by atoms with Crippen LogP contribution in [-0.2, 0) is 9.53 Å². The monoisotopic (exact) mass is 394 g/mol. The quantitative estimate of drug-likeness (QED) is 0.536. The fourth-order valence-corrected chi connectivity index (χ4v) is 2.74. The van der Waals surface area contributed by atoms with Crippen molar-refractivity contribution in [1.82, 2.24) is 15.3 Å². The Morgan fingerprint density at radius 3 is 2.55 bits per heavy atom. The molecular weight excluding hydrogens is 372 g/mol. The molecule has 0 fully saturated rings. The lowest BCUT2D eigenvalue weighted by Crippen LogP contribution is -2.25. The SMILES string of the molecule is CC(=O)NCCOCCOc1ccc(-c2cncc3ccc(C(N)=O)nc23)cc1. The number of amides is 2. The Morgan fingerprint density at radius 2 is 1.83 bits per heavy atom. The summed E-state index contributed by atoms with van der Waals surface area (Å²) in [5.41, 5.74) is 7.93. The van der Waals surface area contributed by atoms with Gasteiger partial charge in [-0.05, 0) is 29.8 Å². The van der Waals surface area contributed by atoms with Crippen LogP contribution < -0.4 is 15.8 Å². The molecule has 8 heteroatoms. The number of benzene rings is 1. The standard InChI is InChI=1S/C21H22N4O4/c1-14(26)24-8-9-28-10-11-29-17-5-2-15(3-6-17)18-13-23-12-16-4-7-19(21(22)27)25-20(16)18/h2-7,12-13H,8-11H2,1H3,(H2,22,27)(H,24,26). The third-order valence-electron chi connectivity index (χ3n) is 4.13. The normalized spacial score (nSPS) is 10.7. The summed E-state index contributed by atoms with van der Waals surface area (Å²) >= 11 is 0. The third kappa shape index (κ3) is 5.49. The highest BCUT2D eigenvalue weighted by Gasteiger charge is 2.09. The Morgan fingerprint density at radius 1 is 1.03 bits per heavy atom. The van der Waals surface area contributed by atoms with E-state index in [1.54, 1.807) is 24.5 Å². The van der Waals surface area contributed by atoms with Crippen LogP contribution in [0.3, 0.4) is 0 Å². The number of pyridine rings is 2. The summed E-state index contributed by atoms with van der Waals surface area (Å²) in [6.45, 7) is 3.21. The molecule has 29 heavy (non-hydrogen) atoms. The molecule has 2 aromatic heterocycles. The Hall–Kier alpha value is -3.52. The Kier molecular flexibility index (Phi) is 6.70. The molecule has 3 N–H and O–H groups in total. The van der Waals surface area contributed by atoms with Crippen LogP contribution in [0, 0.1) is 0 Å². The van der Waals surface area contributed by atoms with Gasteiger partial charge in [-0.25, -0.2) is 4.98 Å². The van der Waals surface area contributed by atoms with E-state index in [2.05, 4.69) is 15.3 Å². The van der Waals surface area contributed by atoms with Crippen LogP contribution in [0.15, 0.2) is 48.8 Å². The second-order valence-electron chi connectivity index (χ2n) is 6.29. The zero-order valence-electron chi connectivity index (χ0n) is 16.1. The van der Waals surface area contributed by atoms with Crippen LogP contribution in [0.4, 0.5) is 0 Å². The van der Waals surface area contributed by atoms with Crippen LogP contribution in [-0.4, -0.2) is 48.1 Å². The van der Waals surface area contributed by atoms with Crippen LogP contribution >= 0.6 is 0 Å². The summed E-state index contributed by atoms with van der Waals surface area (Å²) in [6, 6.07) is 10.9. The number of primary amides is 1. The van der Waals surface area contributed by atoms with E-state index >= 15 is 0 Å². The number of fused-ring (bicyclic) bond motifs is 1. The van der Waals surface area contributed by atoms with Crippen molar-refractivity contribution in [2.24, 2.45) is 5.73 Å². The summed E-state index contributed by atoms with van der Waals surface area (Å²) < 4.78 is 11.0. The minimum Gasteiger partial charge on any atom is -0.491 e. The minimum absolute atomic E-state index is 0.0765. The maximum Gasteiger partial charge on any atom is 0.267 e. The Bertz CT molecular complexity index is 1010. The van der Waals surface area contributed by atoms with Gasteiger partial charge >= 0.3 is 0 Å². The number of hydrogen-bond donors (Lipinski definition) is 2. The topological polar surface area (TPSA) is 116 Å². The van der Waals surface area contributed by atoms with Gasteiger partial charge in [0.2, 0.25) is 5.91 Å². The second kappa shape index (κ2) is 9.61. The lowest BCUT2D eigenvalue weighted by atomic mass is 10.0. The summed E-state index contributed by atoms with van der Waals surface area (Å²) in [4.78, 5) is 30.8. The number of hydrogen-bond acceptors (Lipinski definition) is 6. The third-order valence-corrected chi connectivity index (χ3v) is 4.13. The first-order valence-electron chi connectivity index (χ1n) is 9.14. The van der Waals surface area contributed by atoms with Crippen LogP contribution in [0.2, 0.25) is 0 Å². The van der Waals surface area contributed by atoms with Gasteiger partial charge in [0.15, 0.2) is 0 Å². The highest BCUT2D eigenvalue weighted by molar-refractivity contribution is 5.97. The summed E-state index contributed by atoms with van der Waals surface area (Å²) in [5, 5.41) is 3.48. The molecule has 2 amide bonds. The van der Waals surface area contributed by atoms with Crippen molar-refractivity contribution in [3.8, 4) is 16.9 Å². The van der Waals surface area contributed by atoms with E-state index in [1.807, 2.05) is 24.3 Å². The maximum atomic E-state index is 11.4. The molecule has 0 unspecified atom stereocenters. The van der Waals surface area contributed by atoms with E-state index in [9.17, 15) is 9.59 Å². The first kappa shape index (κ1) is 20.2. The van der Waals surface area contributed by atoms with Gasteiger partial charge in [-0.2, -0.15) is 0 Å². The average molecular weight is 394 g/mol. The fourth-order valence-electron chi connectivity index (χ4n) is 2.74. The van der Waals surface area contributed by atoms with Crippen LogP contribution in [0.1, 0.15) is 17.4 Å². The summed E-state index contributed by atoms with van der Waals surface area (Å²) in [7, 11) is 0. The summed E-state index contributed by atoms with van der Waals surface area (Å²) in [5.74, 6) is 0.0586. The molecule has 0 radical (unpaired) electrons. The van der Waals surface area contributed by atoms with Gasteiger partial charge in [0.25, 0.3) is 5.91 Å². The largest absolute Gasteiger partial charge is 0.491 e. The molecule has 0 aliphatic carbocycles. The average Bonchev–Trinajstić information content (AvgIpc) is 2.72. The summed E-state index contributed by atoms with van der Waals surface area (Å²) in [6.07, 6.45) is 3.40. The lowest BCUT2D eigenvalue weighted by molar-refractivity contribution is -0.119. The van der Waals surface area contributed by atoms with Crippen LogP contribution in [0.25, 0.3) is 22.0 Å². The predicted octanol–water partition coefficient (Wildman–Crippen LogP) is 1.93. The number of nitrogens with one attached hydrogen (secondary N) is 1. The molecule has 2 heterocycles. The molecule has 8 nitrogen and oxygen atoms in total. The molecule has 0 saturated heterocycles. The molecule has 0 bridgehead atoms. The number of nitrogens with zero attached hydrogens (tertiary/aromatic N) is 2. The molecule has 3 aromatic rings. The van der Waals surface area contributed by atoms with Crippen molar-refractivity contribution in [2.75, 3.05) is 26.4 Å². The molecule has 3 rings (SSSR count). The van der Waals surface area contributed by atoms with E-state index in [4.69, 9.17) is 15.2 Å². The molecule has 0 saturated carbocycles. The van der Waals surface area contributed by atoms with Gasteiger partial charge in [-0.15, -0.1) is 0 Å². The van der Waals surface area contributed by atoms with Gasteiger partial charge < -0.3 is 20.5 Å². The van der Waals surface area contributed by atoms with Gasteiger partial charge in [0.05, 0.1) is 18.7 Å². The van der Waals surface area contributed by atoms with E-state index in [1.165, 1.54) is 6.92 Å². The van der Waals surface area contributed by atoms with Gasteiger partial charge in [-0.1, -0.05) is 12.1 Å². The predicted molar refractivity (Wildman–Crippen MR) is 108 cm³/mol. The van der Waals surface area contributed by atoms with Crippen molar-refractivity contribution in [3.63, 3.8) is 0 Å². The van der Waals surface area contributed by atoms with Gasteiger partial charge in [0.1, 0.15) is 18.1 Å². The highest BCUT2D eigenvalue weighted by atomic mass is 16.5. The zero-order chi connectivity index (χ0) is 20.6. The molecular formula is C21H22N4O4. The number of carbonyl (C=O) groups is 2. The lowest BCUT2D eigenvalue weighted by Gasteiger charge is -2.09. The molecule has 0 aliphatic rings. The van der Waals surface area contributed by atoms with E-state index < -0.39 is 5.91 Å². The Balaban J connectivity index is 1.62. The molecule has 150 valence electrons. The molecule has 0 atom stereocenters. The number of rotatable bonds is 9. The van der Waals surface area contributed by atoms with Crippen molar-refractivity contribution in [1.29, 1.82) is 0 Å². The fraction of sp³-hybridized carbons (Fsp3) is 0.238. The van der Waals surface area contributed by atoms with Crippen LogP contribution in [0.5, 0.6) is 5.75 Å². The first-order chi connectivity index (χ1) is 14.0. The van der Waals surface area contributed by atoms with E-state index in [-0.39, 0.29) is 11.6 Å². The van der Waals surface area contributed by atoms with Crippen molar-refractivity contribution in [2.45, 2.75) is 6.92 Å². The van der Waals surface area contributed by atoms with Gasteiger partial charge in [-0.3, -0.25) is 14.6 Å². The van der Waals surface area contributed by atoms with Crippen molar-refractivity contribution in [3.05, 3.63) is 54.5 Å². The highest BCUT2D eigenvalue weighted by Crippen LogP contribution is 2.28. The number of nitrogens with two attached hydrogens (primary N) is 1. The van der Waals surface area contributed by atoms with E-state index in [0.717, 1.165) is 16.5 Å². The zero-order valence-corrected chi connectivity index (χ0v) is 16.1. The smallest absolute Gasteiger partial charge is 0.267 e. The van der Waals surface area contributed by atoms with Crippen molar-refractivity contribution < 1.29 is 19.1 Å². The number of aromatic nitrogens is 2. The van der Waals surface area contributed by atoms with Crippen molar-refractivity contribution >= 4 is 22.7 Å². The van der Waals surface area contributed by atoms with Gasteiger partial charge in [0, 0.05) is 36.8 Å². The Labute approximate surface area is 168 Å². The number of ether oxygens (including phenoxy) is 2. The minimum atomic E-state index is -0.572. The van der Waals surface area contributed by atoms with E-state index in [0.29, 0.717) is 37.6 Å². The molecule has 1 aromatic carbocycles. The first-order valence-corrected chi connectivity index (χ1v) is 9.14.